The molecule has 0 amide bonds. The van der Waals surface area contributed by atoms with Crippen LogP contribution in [0.1, 0.15) is 23.6 Å². The summed E-state index contributed by atoms with van der Waals surface area (Å²) >= 11 is 1.35. The fourth-order valence-corrected chi connectivity index (χ4v) is 4.45. The molecule has 0 saturated heterocycles. The lowest BCUT2D eigenvalue weighted by Crippen LogP contribution is -2.23. The number of aryl methyl sites for hydroxylation is 1. The van der Waals surface area contributed by atoms with Gasteiger partial charge in [-0.15, -0.1) is 0 Å². The van der Waals surface area contributed by atoms with E-state index in [1.165, 1.54) is 16.3 Å². The Kier molecular flexibility index (Phi) is 6.11. The highest BCUT2D eigenvalue weighted by molar-refractivity contribution is 7.99. The second-order valence-electron chi connectivity index (χ2n) is 7.87. The molecular formula is C25H22N8OS. The van der Waals surface area contributed by atoms with Gasteiger partial charge in [0.25, 0.3) is 5.56 Å². The van der Waals surface area contributed by atoms with Crippen LogP contribution in [0.2, 0.25) is 0 Å². The Labute approximate surface area is 205 Å². The highest BCUT2D eigenvalue weighted by Gasteiger charge is 2.20. The van der Waals surface area contributed by atoms with E-state index in [1.54, 1.807) is 12.3 Å². The summed E-state index contributed by atoms with van der Waals surface area (Å²) in [4.78, 5) is 35.8. The Morgan fingerprint density at radius 3 is 2.49 bits per heavy atom. The molecule has 0 fully saturated rings. The summed E-state index contributed by atoms with van der Waals surface area (Å²) in [5.74, 6) is 1.40. The normalized spacial score (nSPS) is 11.9. The number of aromatic nitrogens is 6. The van der Waals surface area contributed by atoms with Crippen LogP contribution in [-0.4, -0.2) is 29.5 Å². The van der Waals surface area contributed by atoms with Crippen molar-refractivity contribution in [3.05, 3.63) is 94.7 Å². The largest absolute Gasteiger partial charge is 0.368 e. The molecule has 3 N–H and O–H groups in total. The number of anilines is 3. The summed E-state index contributed by atoms with van der Waals surface area (Å²) in [6, 6.07) is 20.6. The fraction of sp³-hybridized carbons (Fsp3) is 0.120. The fourth-order valence-electron chi connectivity index (χ4n) is 3.49. The Morgan fingerprint density at radius 1 is 0.943 bits per heavy atom. The number of para-hydroxylation sites is 2. The molecular weight excluding hydrogens is 460 g/mol. The van der Waals surface area contributed by atoms with Gasteiger partial charge in [0.15, 0.2) is 5.16 Å². The minimum Gasteiger partial charge on any atom is -0.368 e. The van der Waals surface area contributed by atoms with Gasteiger partial charge in [0.2, 0.25) is 11.9 Å². The third-order valence-electron chi connectivity index (χ3n) is 5.22. The van der Waals surface area contributed by atoms with E-state index in [1.807, 2.05) is 74.5 Å². The van der Waals surface area contributed by atoms with Gasteiger partial charge in [-0.3, -0.25) is 4.79 Å². The van der Waals surface area contributed by atoms with Gasteiger partial charge >= 0.3 is 0 Å². The van der Waals surface area contributed by atoms with Crippen molar-refractivity contribution in [2.24, 2.45) is 0 Å². The van der Waals surface area contributed by atoms with Crippen molar-refractivity contribution in [1.29, 1.82) is 0 Å². The Balaban J connectivity index is 1.54. The number of nitrogens with one attached hydrogen (secondary N) is 1. The molecule has 0 spiro atoms. The molecule has 0 aliphatic carbocycles. The number of nitrogens with two attached hydrogens (primary N) is 1. The van der Waals surface area contributed by atoms with Crippen LogP contribution in [0.15, 0.2) is 82.9 Å². The number of nitrogen functional groups attached to an aromatic ring is 1. The first-order valence-corrected chi connectivity index (χ1v) is 11.8. The zero-order valence-electron chi connectivity index (χ0n) is 19.1. The van der Waals surface area contributed by atoms with Crippen LogP contribution in [0.25, 0.3) is 16.7 Å². The second kappa shape index (κ2) is 9.51. The minimum absolute atomic E-state index is 0.102. The SMILES string of the molecule is Cc1ccc(-n2c(SC(C)c3nc(N)nc(Nc4ccccc4)n3)nc3ccccc3c2=O)nc1. The Bertz CT molecular complexity index is 1550. The van der Waals surface area contributed by atoms with Crippen LogP contribution in [0, 0.1) is 6.92 Å². The molecule has 174 valence electrons. The van der Waals surface area contributed by atoms with Crippen molar-refractivity contribution >= 4 is 40.2 Å². The van der Waals surface area contributed by atoms with E-state index in [0.29, 0.717) is 33.6 Å². The van der Waals surface area contributed by atoms with Crippen LogP contribution in [0.3, 0.4) is 0 Å². The van der Waals surface area contributed by atoms with Crippen molar-refractivity contribution in [3.8, 4) is 5.82 Å². The van der Waals surface area contributed by atoms with Crippen LogP contribution in [0.5, 0.6) is 0 Å². The van der Waals surface area contributed by atoms with Crippen LogP contribution in [0.4, 0.5) is 17.6 Å². The van der Waals surface area contributed by atoms with Crippen molar-refractivity contribution in [2.45, 2.75) is 24.3 Å². The van der Waals surface area contributed by atoms with E-state index in [9.17, 15) is 4.79 Å². The molecule has 5 aromatic rings. The smallest absolute Gasteiger partial charge is 0.267 e. The number of rotatable bonds is 6. The third-order valence-corrected chi connectivity index (χ3v) is 6.26. The van der Waals surface area contributed by atoms with Crippen LogP contribution < -0.4 is 16.6 Å². The first-order valence-electron chi connectivity index (χ1n) is 10.9. The van der Waals surface area contributed by atoms with Gasteiger partial charge in [0, 0.05) is 11.9 Å². The molecule has 0 saturated carbocycles. The number of thioether (sulfide) groups is 1. The molecule has 9 nitrogen and oxygen atoms in total. The van der Waals surface area contributed by atoms with Gasteiger partial charge in [-0.25, -0.2) is 14.5 Å². The standard InChI is InChI=1S/C25H22N8OS/c1-15-12-13-20(27-14-15)33-22(34)18-10-6-7-11-19(18)29-25(33)35-16(2)21-30-23(26)32-24(31-21)28-17-8-4-3-5-9-17/h3-14,16H,1-2H3,(H3,26,28,30,31,32). The molecule has 35 heavy (non-hydrogen) atoms. The van der Waals surface area contributed by atoms with Gasteiger partial charge in [-0.2, -0.15) is 15.0 Å². The molecule has 2 aromatic carbocycles. The summed E-state index contributed by atoms with van der Waals surface area (Å²) in [6.07, 6.45) is 1.73. The summed E-state index contributed by atoms with van der Waals surface area (Å²) in [6.45, 7) is 3.88. The number of nitrogens with zero attached hydrogens (tertiary/aromatic N) is 6. The van der Waals surface area contributed by atoms with Crippen molar-refractivity contribution in [2.75, 3.05) is 11.1 Å². The number of benzene rings is 2. The van der Waals surface area contributed by atoms with Crippen molar-refractivity contribution < 1.29 is 0 Å². The summed E-state index contributed by atoms with van der Waals surface area (Å²) in [5.41, 5.74) is 8.23. The zero-order valence-corrected chi connectivity index (χ0v) is 19.9. The van der Waals surface area contributed by atoms with Gasteiger partial charge in [-0.05, 0) is 49.7 Å². The summed E-state index contributed by atoms with van der Waals surface area (Å²) in [7, 11) is 0. The molecule has 1 unspecified atom stereocenters. The first-order chi connectivity index (χ1) is 17.0. The molecule has 0 bridgehead atoms. The van der Waals surface area contributed by atoms with E-state index < -0.39 is 0 Å². The van der Waals surface area contributed by atoms with Gasteiger partial charge in [0.05, 0.1) is 16.2 Å². The van der Waals surface area contributed by atoms with Crippen LogP contribution in [-0.2, 0) is 0 Å². The molecule has 10 heteroatoms. The predicted octanol–water partition coefficient (Wildman–Crippen LogP) is 4.45. The molecule has 1 atom stereocenters. The van der Waals surface area contributed by atoms with Gasteiger partial charge in [-0.1, -0.05) is 48.2 Å². The lowest BCUT2D eigenvalue weighted by Gasteiger charge is -2.16. The molecule has 0 radical (unpaired) electrons. The quantitative estimate of drug-likeness (QED) is 0.267. The average molecular weight is 483 g/mol. The third kappa shape index (κ3) is 4.82. The van der Waals surface area contributed by atoms with E-state index in [-0.39, 0.29) is 16.8 Å². The summed E-state index contributed by atoms with van der Waals surface area (Å²) < 4.78 is 1.52. The topological polar surface area (TPSA) is 125 Å². The van der Waals surface area contributed by atoms with Gasteiger partial charge < -0.3 is 11.1 Å². The number of fused-ring (bicyclic) bond motifs is 1. The maximum absolute atomic E-state index is 13.5. The molecule has 3 aromatic heterocycles. The lowest BCUT2D eigenvalue weighted by molar-refractivity contribution is 0.786. The average Bonchev–Trinajstić information content (AvgIpc) is 2.85. The molecule has 0 aliphatic heterocycles. The van der Waals surface area contributed by atoms with Crippen molar-refractivity contribution in [3.63, 3.8) is 0 Å². The van der Waals surface area contributed by atoms with E-state index in [4.69, 9.17) is 10.7 Å². The minimum atomic E-state index is -0.290. The second-order valence-corrected chi connectivity index (χ2v) is 9.18. The molecule has 0 aliphatic rings. The highest BCUT2D eigenvalue weighted by atomic mass is 32.2. The molecule has 5 rings (SSSR count). The molecule has 3 heterocycles. The van der Waals surface area contributed by atoms with E-state index >= 15 is 0 Å². The van der Waals surface area contributed by atoms with E-state index in [0.717, 1.165) is 11.3 Å². The monoisotopic (exact) mass is 482 g/mol. The number of hydrogen-bond donors (Lipinski definition) is 2. The van der Waals surface area contributed by atoms with Crippen molar-refractivity contribution in [1.82, 2.24) is 29.5 Å². The maximum Gasteiger partial charge on any atom is 0.267 e. The zero-order chi connectivity index (χ0) is 24.4. The van der Waals surface area contributed by atoms with Crippen LogP contribution >= 0.6 is 11.8 Å². The first kappa shape index (κ1) is 22.5. The highest BCUT2D eigenvalue weighted by Crippen LogP contribution is 2.33. The Morgan fingerprint density at radius 2 is 1.71 bits per heavy atom. The Hall–Kier alpha value is -4.31. The predicted molar refractivity (Wildman–Crippen MR) is 138 cm³/mol. The number of pyridine rings is 1. The van der Waals surface area contributed by atoms with Gasteiger partial charge in [0.1, 0.15) is 11.6 Å². The number of hydrogen-bond acceptors (Lipinski definition) is 9. The lowest BCUT2D eigenvalue weighted by atomic mass is 10.2. The van der Waals surface area contributed by atoms with E-state index in [2.05, 4.69) is 25.3 Å². The maximum atomic E-state index is 13.5. The summed E-state index contributed by atoms with van der Waals surface area (Å²) in [5, 5.41) is 3.86.